The SMILES string of the molecule is [2H]C([2H])([2H])c1ncc(-n2[c-][n+](-c3cc(C([2H])([2H])C(C)(C)C)cc(C([2H])([2H])C(C)(C)C)c3)c3ccccc32)[c-]c1Oc1[c-]c2c(cc1)c1ccccc1n2-c1cc(C(C)(C)C)ccn1.[Pt]. The molecule has 0 spiro atoms. The second-order valence-corrected chi connectivity index (χ2v) is 17.4. The van der Waals surface area contributed by atoms with Crippen molar-refractivity contribution in [1.82, 2.24) is 19.1 Å². The number of rotatable bonds is 7. The van der Waals surface area contributed by atoms with Crippen molar-refractivity contribution in [1.29, 1.82) is 0 Å². The summed E-state index contributed by atoms with van der Waals surface area (Å²) in [6, 6.07) is 35.1. The Morgan fingerprint density at radius 3 is 2.12 bits per heavy atom. The molecule has 4 aromatic heterocycles. The molecule has 0 aliphatic heterocycles. The van der Waals surface area contributed by atoms with E-state index in [-0.39, 0.29) is 43.7 Å². The summed E-state index contributed by atoms with van der Waals surface area (Å²) in [6.07, 6.45) is 2.95. The van der Waals surface area contributed by atoms with E-state index in [0.717, 1.165) is 21.9 Å². The average Bonchev–Trinajstić information content (AvgIpc) is 3.75. The van der Waals surface area contributed by atoms with Crippen molar-refractivity contribution in [3.63, 3.8) is 0 Å². The predicted octanol–water partition coefficient (Wildman–Crippen LogP) is 11.8. The van der Waals surface area contributed by atoms with Crippen molar-refractivity contribution < 1.29 is 40.0 Å². The maximum absolute atomic E-state index is 9.22. The molecule has 57 heavy (non-hydrogen) atoms. The van der Waals surface area contributed by atoms with Crippen LogP contribution < -0.4 is 9.30 Å². The first-order valence-electron chi connectivity index (χ1n) is 22.4. The van der Waals surface area contributed by atoms with E-state index in [1.807, 2.05) is 107 Å². The van der Waals surface area contributed by atoms with Gasteiger partial charge in [0.2, 0.25) is 0 Å². The summed E-state index contributed by atoms with van der Waals surface area (Å²) in [7, 11) is 0. The fourth-order valence-electron chi connectivity index (χ4n) is 7.05. The zero-order valence-electron chi connectivity index (χ0n) is 40.8. The molecule has 0 aliphatic rings. The summed E-state index contributed by atoms with van der Waals surface area (Å²) >= 11 is 0. The molecular formula is C50H51N5OPt-2. The molecule has 0 bridgehead atoms. The van der Waals surface area contributed by atoms with Gasteiger partial charge in [-0.25, -0.2) is 4.98 Å². The van der Waals surface area contributed by atoms with Crippen molar-refractivity contribution >= 4 is 32.8 Å². The van der Waals surface area contributed by atoms with E-state index < -0.39 is 30.4 Å². The smallest absolute Gasteiger partial charge is 0.268 e. The Morgan fingerprint density at radius 2 is 1.44 bits per heavy atom. The zero-order valence-corrected chi connectivity index (χ0v) is 36.0. The summed E-state index contributed by atoms with van der Waals surface area (Å²) in [5, 5.41) is 1.92. The Hall–Kier alpha value is -5.06. The normalized spacial score (nSPS) is 14.9. The summed E-state index contributed by atoms with van der Waals surface area (Å²) in [5.41, 5.74) is 3.58. The second kappa shape index (κ2) is 15.0. The van der Waals surface area contributed by atoms with E-state index >= 15 is 0 Å². The number of fused-ring (bicyclic) bond motifs is 4. The minimum absolute atomic E-state index is 0. The van der Waals surface area contributed by atoms with Crippen LogP contribution in [0.3, 0.4) is 0 Å². The van der Waals surface area contributed by atoms with Crippen molar-refractivity contribution in [3.8, 4) is 28.7 Å². The number of pyridine rings is 2. The molecule has 4 aromatic carbocycles. The molecule has 0 saturated heterocycles. The molecule has 7 heteroatoms. The fraction of sp³-hybridized carbons (Fsp3) is 0.300. The molecule has 0 unspecified atom stereocenters. The number of ether oxygens (including phenoxy) is 1. The molecule has 0 saturated carbocycles. The van der Waals surface area contributed by atoms with E-state index in [4.69, 9.17) is 13.8 Å². The summed E-state index contributed by atoms with van der Waals surface area (Å²) < 4.78 is 74.1. The number of benzene rings is 4. The number of hydrogen-bond donors (Lipinski definition) is 0. The average molecular weight is 940 g/mol. The molecule has 8 aromatic rings. The van der Waals surface area contributed by atoms with Crippen LogP contribution >= 0.6 is 0 Å². The van der Waals surface area contributed by atoms with Crippen LogP contribution in [-0.2, 0) is 39.2 Å². The Bertz CT molecular complexity index is 3010. The van der Waals surface area contributed by atoms with Crippen LogP contribution in [0.1, 0.15) is 94.3 Å². The number of hydrogen-bond acceptors (Lipinski definition) is 3. The predicted molar refractivity (Wildman–Crippen MR) is 228 cm³/mol. The number of aryl methyl sites for hydroxylation is 1. The van der Waals surface area contributed by atoms with Crippen molar-refractivity contribution in [2.24, 2.45) is 10.8 Å². The van der Waals surface area contributed by atoms with Crippen molar-refractivity contribution in [2.45, 2.75) is 87.3 Å². The van der Waals surface area contributed by atoms with Gasteiger partial charge in [-0.05, 0) is 81.7 Å². The number of aromatic nitrogens is 5. The van der Waals surface area contributed by atoms with Gasteiger partial charge < -0.3 is 18.9 Å². The van der Waals surface area contributed by atoms with E-state index in [1.54, 1.807) is 39.6 Å². The topological polar surface area (TPSA) is 48.8 Å². The van der Waals surface area contributed by atoms with Crippen LogP contribution in [0.5, 0.6) is 11.5 Å². The van der Waals surface area contributed by atoms with Crippen LogP contribution in [0, 0.1) is 36.1 Å². The number of para-hydroxylation sites is 3. The van der Waals surface area contributed by atoms with Gasteiger partial charge in [-0.1, -0.05) is 141 Å². The molecule has 6 nitrogen and oxygen atoms in total. The number of imidazole rings is 1. The van der Waals surface area contributed by atoms with Gasteiger partial charge in [0.15, 0.2) is 0 Å². The fourth-order valence-corrected chi connectivity index (χ4v) is 7.05. The Kier molecular flexibility index (Phi) is 8.43. The van der Waals surface area contributed by atoms with Crippen LogP contribution in [0.4, 0.5) is 0 Å². The van der Waals surface area contributed by atoms with Gasteiger partial charge in [-0.15, -0.1) is 23.6 Å². The third-order valence-corrected chi connectivity index (χ3v) is 9.40. The van der Waals surface area contributed by atoms with Crippen molar-refractivity contribution in [3.05, 3.63) is 144 Å². The van der Waals surface area contributed by atoms with E-state index in [9.17, 15) is 5.48 Å². The van der Waals surface area contributed by atoms with Gasteiger partial charge >= 0.3 is 0 Å². The van der Waals surface area contributed by atoms with E-state index in [2.05, 4.69) is 50.3 Å². The van der Waals surface area contributed by atoms with Gasteiger partial charge in [-0.3, -0.25) is 4.57 Å². The quantitative estimate of drug-likeness (QED) is 0.118. The van der Waals surface area contributed by atoms with Gasteiger partial charge in [0, 0.05) is 53.9 Å². The minimum Gasteiger partial charge on any atom is -0.508 e. The molecule has 0 N–H and O–H groups in total. The van der Waals surface area contributed by atoms with Crippen molar-refractivity contribution in [2.75, 3.05) is 0 Å². The molecule has 294 valence electrons. The molecule has 4 heterocycles. The van der Waals surface area contributed by atoms with Gasteiger partial charge in [-0.2, -0.15) is 6.07 Å². The first kappa shape index (κ1) is 32.0. The molecule has 0 aliphatic carbocycles. The Labute approximate surface area is 361 Å². The first-order valence-corrected chi connectivity index (χ1v) is 18.9. The summed E-state index contributed by atoms with van der Waals surface area (Å²) in [6.45, 7) is 14.8. The monoisotopic (exact) mass is 939 g/mol. The first-order chi connectivity index (χ1) is 29.3. The van der Waals surface area contributed by atoms with Crippen LogP contribution in [0.2, 0.25) is 0 Å². The van der Waals surface area contributed by atoms with E-state index in [1.165, 1.54) is 6.20 Å². The Morgan fingerprint density at radius 1 is 0.754 bits per heavy atom. The van der Waals surface area contributed by atoms with Gasteiger partial charge in [0.1, 0.15) is 5.82 Å². The maximum Gasteiger partial charge on any atom is 0.268 e. The molecule has 0 radical (unpaired) electrons. The zero-order chi connectivity index (χ0) is 45.7. The number of nitrogens with zero attached hydrogens (tertiary/aromatic N) is 5. The third kappa shape index (κ3) is 8.34. The minimum atomic E-state index is -2.65. The summed E-state index contributed by atoms with van der Waals surface area (Å²) in [4.78, 5) is 9.23. The molecular weight excluding hydrogens is 882 g/mol. The van der Waals surface area contributed by atoms with Crippen LogP contribution in [-0.4, -0.2) is 19.1 Å². The third-order valence-electron chi connectivity index (χ3n) is 9.40. The molecule has 0 amide bonds. The second-order valence-electron chi connectivity index (χ2n) is 17.4. The standard InChI is InChI=1S/C50H51N5O.Pt/c1-33-46(56-39-19-20-41-40-15-11-12-16-42(40)55(45(41)28-39)47-26-36(21-22-51-47)50(8,9)10)27-38(31-52-33)54-32-53(43-17-13-14-18-44(43)54)37-24-34(29-48(2,3)4)23-35(25-37)30-49(5,6)7;/h11-26,31H,29-30H2,1-10H3;/q-2;/i1D3,29D2,30D2;. The summed E-state index contributed by atoms with van der Waals surface area (Å²) in [5.74, 6) is 0.851. The maximum atomic E-state index is 9.22. The largest absolute Gasteiger partial charge is 0.508 e. The van der Waals surface area contributed by atoms with Crippen LogP contribution in [0.25, 0.3) is 50.0 Å². The molecule has 8 rings (SSSR count). The molecule has 0 fully saturated rings. The van der Waals surface area contributed by atoms with Gasteiger partial charge in [0.25, 0.3) is 6.33 Å². The molecule has 0 atom stereocenters. The Balaban J connectivity index is 0.00000612. The van der Waals surface area contributed by atoms with Gasteiger partial charge in [0.05, 0.1) is 16.7 Å². The van der Waals surface area contributed by atoms with Crippen LogP contribution in [0.15, 0.2) is 103 Å². The van der Waals surface area contributed by atoms with E-state index in [0.29, 0.717) is 44.9 Å².